The Kier molecular flexibility index (Phi) is 6.22. The molecule has 0 saturated heterocycles. The van der Waals surface area contributed by atoms with Gasteiger partial charge in [0, 0.05) is 20.0 Å². The van der Waals surface area contributed by atoms with Crippen molar-refractivity contribution in [2.75, 3.05) is 13.6 Å². The topological polar surface area (TPSA) is 20.3 Å². The van der Waals surface area contributed by atoms with Crippen molar-refractivity contribution < 1.29 is 4.79 Å². The van der Waals surface area contributed by atoms with Crippen molar-refractivity contribution in [1.82, 2.24) is 4.90 Å². The van der Waals surface area contributed by atoms with Crippen molar-refractivity contribution >= 4 is 5.91 Å². The third-order valence-corrected chi connectivity index (χ3v) is 2.78. The van der Waals surface area contributed by atoms with Crippen molar-refractivity contribution in [2.24, 2.45) is 10.8 Å². The first-order valence-electron chi connectivity index (χ1n) is 6.75. The molecule has 0 aliphatic heterocycles. The molecule has 0 rings (SSSR count). The summed E-state index contributed by atoms with van der Waals surface area (Å²) in [6, 6.07) is 0. The van der Waals surface area contributed by atoms with Crippen LogP contribution in [-0.2, 0) is 4.79 Å². The first kappa shape index (κ1) is 16.5. The molecular weight excluding hydrogens is 210 g/mol. The maximum absolute atomic E-state index is 11.9. The fourth-order valence-electron chi connectivity index (χ4n) is 1.72. The number of hydrogen-bond acceptors (Lipinski definition) is 1. The SMILES string of the molecule is CN(CCCCC(C)(C)C)C(=O)CC(C)(C)C. The van der Waals surface area contributed by atoms with Crippen LogP contribution in [0.2, 0.25) is 0 Å². The monoisotopic (exact) mass is 241 g/mol. The number of unbranched alkanes of at least 4 members (excludes halogenated alkanes) is 1. The molecule has 2 heteroatoms. The number of nitrogens with zero attached hydrogens (tertiary/aromatic N) is 1. The van der Waals surface area contributed by atoms with Gasteiger partial charge in [-0.15, -0.1) is 0 Å². The van der Waals surface area contributed by atoms with Crippen molar-refractivity contribution in [3.8, 4) is 0 Å². The van der Waals surface area contributed by atoms with E-state index in [0.717, 1.165) is 13.0 Å². The van der Waals surface area contributed by atoms with E-state index >= 15 is 0 Å². The van der Waals surface area contributed by atoms with Crippen LogP contribution in [0.15, 0.2) is 0 Å². The van der Waals surface area contributed by atoms with E-state index in [-0.39, 0.29) is 11.3 Å². The Bertz CT molecular complexity index is 232. The van der Waals surface area contributed by atoms with Gasteiger partial charge in [0.05, 0.1) is 0 Å². The highest BCUT2D eigenvalue weighted by Gasteiger charge is 2.18. The van der Waals surface area contributed by atoms with Gasteiger partial charge in [-0.3, -0.25) is 4.79 Å². The van der Waals surface area contributed by atoms with E-state index in [9.17, 15) is 4.79 Å². The summed E-state index contributed by atoms with van der Waals surface area (Å²) in [5, 5.41) is 0. The lowest BCUT2D eigenvalue weighted by Gasteiger charge is -2.24. The van der Waals surface area contributed by atoms with E-state index in [1.54, 1.807) is 0 Å². The van der Waals surface area contributed by atoms with Gasteiger partial charge < -0.3 is 4.90 Å². The van der Waals surface area contributed by atoms with Crippen LogP contribution >= 0.6 is 0 Å². The zero-order valence-electron chi connectivity index (χ0n) is 12.9. The predicted molar refractivity (Wildman–Crippen MR) is 75.0 cm³/mol. The lowest BCUT2D eigenvalue weighted by Crippen LogP contribution is -2.31. The average molecular weight is 241 g/mol. The fraction of sp³-hybridized carbons (Fsp3) is 0.933. The summed E-state index contributed by atoms with van der Waals surface area (Å²) in [6.07, 6.45) is 4.19. The molecule has 0 saturated carbocycles. The minimum Gasteiger partial charge on any atom is -0.346 e. The van der Waals surface area contributed by atoms with Gasteiger partial charge in [-0.2, -0.15) is 0 Å². The molecule has 0 aromatic heterocycles. The van der Waals surface area contributed by atoms with E-state index in [1.807, 2.05) is 11.9 Å². The maximum atomic E-state index is 11.9. The molecule has 102 valence electrons. The molecule has 0 unspecified atom stereocenters. The van der Waals surface area contributed by atoms with Gasteiger partial charge in [-0.05, 0) is 23.7 Å². The first-order valence-corrected chi connectivity index (χ1v) is 6.75. The Hall–Kier alpha value is -0.530. The maximum Gasteiger partial charge on any atom is 0.222 e. The fourth-order valence-corrected chi connectivity index (χ4v) is 1.72. The molecule has 0 aromatic carbocycles. The highest BCUT2D eigenvalue weighted by molar-refractivity contribution is 5.76. The van der Waals surface area contributed by atoms with E-state index in [4.69, 9.17) is 0 Å². The number of carbonyl (C=O) groups excluding carboxylic acids is 1. The minimum absolute atomic E-state index is 0.0940. The van der Waals surface area contributed by atoms with E-state index < -0.39 is 0 Å². The molecule has 1 amide bonds. The van der Waals surface area contributed by atoms with Crippen LogP contribution in [0.25, 0.3) is 0 Å². The van der Waals surface area contributed by atoms with E-state index in [0.29, 0.717) is 11.8 Å². The summed E-state index contributed by atoms with van der Waals surface area (Å²) < 4.78 is 0. The summed E-state index contributed by atoms with van der Waals surface area (Å²) in [4.78, 5) is 13.8. The average Bonchev–Trinajstić information content (AvgIpc) is 2.07. The Morgan fingerprint density at radius 3 is 1.88 bits per heavy atom. The number of hydrogen-bond donors (Lipinski definition) is 0. The van der Waals surface area contributed by atoms with Gasteiger partial charge in [-0.25, -0.2) is 0 Å². The quantitative estimate of drug-likeness (QED) is 0.664. The highest BCUT2D eigenvalue weighted by Crippen LogP contribution is 2.22. The Morgan fingerprint density at radius 2 is 1.47 bits per heavy atom. The van der Waals surface area contributed by atoms with Crippen molar-refractivity contribution in [3.05, 3.63) is 0 Å². The van der Waals surface area contributed by atoms with E-state index in [2.05, 4.69) is 41.5 Å². The largest absolute Gasteiger partial charge is 0.346 e. The summed E-state index contributed by atoms with van der Waals surface area (Å²) in [5.41, 5.74) is 0.505. The van der Waals surface area contributed by atoms with Crippen molar-refractivity contribution in [3.63, 3.8) is 0 Å². The van der Waals surface area contributed by atoms with Crippen LogP contribution < -0.4 is 0 Å². The number of amides is 1. The molecule has 0 atom stereocenters. The third kappa shape index (κ3) is 10.3. The van der Waals surface area contributed by atoms with Crippen molar-refractivity contribution in [2.45, 2.75) is 67.2 Å². The molecule has 0 radical (unpaired) electrons. The van der Waals surface area contributed by atoms with Gasteiger partial charge >= 0.3 is 0 Å². The standard InChI is InChI=1S/C15H31NO/c1-14(2,3)10-8-9-11-16(7)13(17)12-15(4,5)6/h8-12H2,1-7H3. The molecule has 0 bridgehead atoms. The zero-order chi connectivity index (χ0) is 13.7. The summed E-state index contributed by atoms with van der Waals surface area (Å²) >= 11 is 0. The summed E-state index contributed by atoms with van der Waals surface area (Å²) in [6.45, 7) is 14.0. The second-order valence-corrected chi connectivity index (χ2v) is 7.57. The molecule has 0 aromatic rings. The van der Waals surface area contributed by atoms with Crippen LogP contribution in [0.1, 0.15) is 67.2 Å². The van der Waals surface area contributed by atoms with Crippen LogP contribution in [0.3, 0.4) is 0 Å². The Balaban J connectivity index is 3.80. The second-order valence-electron chi connectivity index (χ2n) is 7.57. The Labute approximate surface area is 108 Å². The van der Waals surface area contributed by atoms with Crippen LogP contribution in [-0.4, -0.2) is 24.4 Å². The van der Waals surface area contributed by atoms with Gasteiger partial charge in [0.1, 0.15) is 0 Å². The molecule has 2 nitrogen and oxygen atoms in total. The molecule has 0 aliphatic carbocycles. The molecule has 0 aliphatic rings. The highest BCUT2D eigenvalue weighted by atomic mass is 16.2. The van der Waals surface area contributed by atoms with Gasteiger partial charge in [0.2, 0.25) is 5.91 Å². The van der Waals surface area contributed by atoms with Crippen LogP contribution in [0.5, 0.6) is 0 Å². The first-order chi connectivity index (χ1) is 7.51. The van der Waals surface area contributed by atoms with Crippen molar-refractivity contribution in [1.29, 1.82) is 0 Å². The molecular formula is C15H31NO. The van der Waals surface area contributed by atoms with Gasteiger partial charge in [-0.1, -0.05) is 48.0 Å². The Morgan fingerprint density at radius 1 is 0.941 bits per heavy atom. The zero-order valence-corrected chi connectivity index (χ0v) is 12.9. The van der Waals surface area contributed by atoms with Crippen LogP contribution in [0, 0.1) is 10.8 Å². The minimum atomic E-state index is 0.0940. The van der Waals surface area contributed by atoms with Crippen LogP contribution in [0.4, 0.5) is 0 Å². The normalized spacial score (nSPS) is 12.6. The third-order valence-electron chi connectivity index (χ3n) is 2.78. The second kappa shape index (κ2) is 6.42. The van der Waals surface area contributed by atoms with Gasteiger partial charge in [0.25, 0.3) is 0 Å². The summed E-state index contributed by atoms with van der Waals surface area (Å²) in [7, 11) is 1.92. The summed E-state index contributed by atoms with van der Waals surface area (Å²) in [5.74, 6) is 0.272. The molecule has 0 N–H and O–H groups in total. The molecule has 0 fully saturated rings. The lowest BCUT2D eigenvalue weighted by molar-refractivity contribution is -0.131. The van der Waals surface area contributed by atoms with E-state index in [1.165, 1.54) is 12.8 Å². The van der Waals surface area contributed by atoms with Gasteiger partial charge in [0.15, 0.2) is 0 Å². The molecule has 0 spiro atoms. The molecule has 17 heavy (non-hydrogen) atoms. The lowest BCUT2D eigenvalue weighted by atomic mass is 9.89. The number of rotatable bonds is 5. The smallest absolute Gasteiger partial charge is 0.222 e. The predicted octanol–water partition coefficient (Wildman–Crippen LogP) is 4.10. The number of carbonyl (C=O) groups is 1. The molecule has 0 heterocycles.